The fraction of sp³-hybridized carbons (Fsp3) is 0.478. The Hall–Kier alpha value is -2.80. The lowest BCUT2D eigenvalue weighted by molar-refractivity contribution is 0.0683. The van der Waals surface area contributed by atoms with Crippen molar-refractivity contribution in [2.45, 2.75) is 58.3 Å². The van der Waals surface area contributed by atoms with E-state index in [-0.39, 0.29) is 29.6 Å². The Morgan fingerprint density at radius 2 is 2.13 bits per heavy atom. The zero-order chi connectivity index (χ0) is 21.3. The Kier molecular flexibility index (Phi) is 5.81. The third kappa shape index (κ3) is 3.81. The number of phenolic OH excluding ortho intramolecular Hbond substituents is 1. The predicted octanol–water partition coefficient (Wildman–Crippen LogP) is 3.23. The van der Waals surface area contributed by atoms with Crippen LogP contribution in [0.4, 0.5) is 0 Å². The van der Waals surface area contributed by atoms with Gasteiger partial charge in [0.1, 0.15) is 11.4 Å². The Morgan fingerprint density at radius 3 is 2.83 bits per heavy atom. The van der Waals surface area contributed by atoms with Gasteiger partial charge in [-0.1, -0.05) is 19.1 Å². The number of rotatable bonds is 5. The first-order chi connectivity index (χ1) is 14.5. The van der Waals surface area contributed by atoms with Crippen molar-refractivity contribution in [1.82, 2.24) is 14.8 Å². The predicted molar refractivity (Wildman–Crippen MR) is 112 cm³/mol. The van der Waals surface area contributed by atoms with Crippen molar-refractivity contribution >= 4 is 11.8 Å². The van der Waals surface area contributed by atoms with E-state index in [0.717, 1.165) is 30.6 Å². The summed E-state index contributed by atoms with van der Waals surface area (Å²) in [5, 5.41) is 12.8. The van der Waals surface area contributed by atoms with Gasteiger partial charge in [0.2, 0.25) is 0 Å². The molecule has 0 aliphatic carbocycles. The molecule has 2 unspecified atom stereocenters. The fourth-order valence-electron chi connectivity index (χ4n) is 4.48. The summed E-state index contributed by atoms with van der Waals surface area (Å²) in [5.41, 5.74) is 2.65. The average molecular weight is 412 g/mol. The van der Waals surface area contributed by atoms with E-state index in [2.05, 4.69) is 12.2 Å². The number of nitrogens with one attached hydrogen (secondary N) is 1. The number of aromatic nitrogens is 1. The maximum atomic E-state index is 13.2. The number of hydrogen-bond acceptors (Lipinski definition) is 4. The van der Waals surface area contributed by atoms with Crippen LogP contribution in [0.15, 0.2) is 30.3 Å². The molecule has 2 aliphatic heterocycles. The molecule has 1 saturated heterocycles. The molecule has 7 heteroatoms. The quantitative estimate of drug-likeness (QED) is 0.791. The third-order valence-electron chi connectivity index (χ3n) is 6.17. The van der Waals surface area contributed by atoms with Crippen molar-refractivity contribution < 1.29 is 19.4 Å². The highest BCUT2D eigenvalue weighted by Crippen LogP contribution is 2.27. The maximum absolute atomic E-state index is 13.2. The van der Waals surface area contributed by atoms with E-state index in [0.29, 0.717) is 37.4 Å². The van der Waals surface area contributed by atoms with Crippen LogP contribution in [-0.2, 0) is 17.9 Å². The number of ether oxygens (including phenoxy) is 1. The van der Waals surface area contributed by atoms with Crippen LogP contribution in [0.25, 0.3) is 0 Å². The van der Waals surface area contributed by atoms with Crippen molar-refractivity contribution in [3.8, 4) is 5.75 Å². The third-order valence-corrected chi connectivity index (χ3v) is 6.17. The number of aromatic hydroxyl groups is 1. The molecule has 4 rings (SSSR count). The van der Waals surface area contributed by atoms with Crippen LogP contribution in [-0.4, -0.2) is 45.6 Å². The topological polar surface area (TPSA) is 83.8 Å². The van der Waals surface area contributed by atoms with Crippen molar-refractivity contribution in [2.24, 2.45) is 0 Å². The summed E-state index contributed by atoms with van der Waals surface area (Å²) in [4.78, 5) is 28.3. The molecule has 0 bridgehead atoms. The first-order valence-corrected chi connectivity index (χ1v) is 10.7. The van der Waals surface area contributed by atoms with Gasteiger partial charge in [-0.25, -0.2) is 0 Å². The largest absolute Gasteiger partial charge is 0.508 e. The normalized spacial score (nSPS) is 19.4. The smallest absolute Gasteiger partial charge is 0.270 e. The lowest BCUT2D eigenvalue weighted by Gasteiger charge is -2.24. The summed E-state index contributed by atoms with van der Waals surface area (Å²) in [6, 6.07) is 8.63. The van der Waals surface area contributed by atoms with Crippen LogP contribution in [0.1, 0.15) is 71.3 Å². The van der Waals surface area contributed by atoms with Gasteiger partial charge < -0.3 is 24.6 Å². The molecule has 2 N–H and O–H groups in total. The summed E-state index contributed by atoms with van der Waals surface area (Å²) in [6.45, 7) is 6.22. The van der Waals surface area contributed by atoms with Crippen molar-refractivity contribution in [2.75, 3.05) is 13.2 Å². The summed E-state index contributed by atoms with van der Waals surface area (Å²) in [7, 11) is 0. The minimum atomic E-state index is -0.234. The highest BCUT2D eigenvalue weighted by atomic mass is 16.5. The van der Waals surface area contributed by atoms with E-state index in [1.807, 2.05) is 22.5 Å². The highest BCUT2D eigenvalue weighted by molar-refractivity contribution is 6.01. The molecule has 2 amide bonds. The first-order valence-electron chi connectivity index (χ1n) is 10.7. The van der Waals surface area contributed by atoms with E-state index in [4.69, 9.17) is 4.74 Å². The van der Waals surface area contributed by atoms with E-state index >= 15 is 0 Å². The Bertz CT molecular complexity index is 952. The van der Waals surface area contributed by atoms with Crippen LogP contribution in [0.5, 0.6) is 5.75 Å². The lowest BCUT2D eigenvalue weighted by Crippen LogP contribution is -2.35. The lowest BCUT2D eigenvalue weighted by atomic mass is 10.0. The summed E-state index contributed by atoms with van der Waals surface area (Å²) in [6.07, 6.45) is 2.70. The molecular weight excluding hydrogens is 382 g/mol. The number of likely N-dealkylation sites (tertiary alicyclic amines) is 1. The van der Waals surface area contributed by atoms with Gasteiger partial charge in [0, 0.05) is 19.1 Å². The summed E-state index contributed by atoms with van der Waals surface area (Å²) in [5.74, 6) is -0.0716. The van der Waals surface area contributed by atoms with Crippen LogP contribution in [0, 0.1) is 0 Å². The molecule has 0 radical (unpaired) electrons. The van der Waals surface area contributed by atoms with Gasteiger partial charge >= 0.3 is 0 Å². The van der Waals surface area contributed by atoms with Gasteiger partial charge in [0.05, 0.1) is 30.5 Å². The van der Waals surface area contributed by atoms with Crippen molar-refractivity contribution in [3.63, 3.8) is 0 Å². The second-order valence-corrected chi connectivity index (χ2v) is 8.11. The second kappa shape index (κ2) is 8.52. The fourth-order valence-corrected chi connectivity index (χ4v) is 4.48. The summed E-state index contributed by atoms with van der Waals surface area (Å²) < 4.78 is 7.54. The first kappa shape index (κ1) is 20.5. The number of phenols is 1. The number of nitrogens with zero attached hydrogens (tertiary/aromatic N) is 2. The zero-order valence-electron chi connectivity index (χ0n) is 17.6. The Balaban J connectivity index is 1.62. The Labute approximate surface area is 176 Å². The number of carbonyl (C=O) groups excluding carboxylic acids is 2. The molecule has 30 heavy (non-hydrogen) atoms. The van der Waals surface area contributed by atoms with E-state index < -0.39 is 0 Å². The van der Waals surface area contributed by atoms with Crippen LogP contribution >= 0.6 is 0 Å². The van der Waals surface area contributed by atoms with E-state index in [1.54, 1.807) is 24.3 Å². The molecule has 1 aromatic carbocycles. The highest BCUT2D eigenvalue weighted by Gasteiger charge is 2.32. The molecule has 2 aromatic rings. The van der Waals surface area contributed by atoms with Gasteiger partial charge in [-0.05, 0) is 49.9 Å². The van der Waals surface area contributed by atoms with Gasteiger partial charge in [0.25, 0.3) is 11.8 Å². The number of amides is 2. The molecule has 0 spiro atoms. The van der Waals surface area contributed by atoms with Crippen LogP contribution in [0.3, 0.4) is 0 Å². The molecule has 160 valence electrons. The average Bonchev–Trinajstić information content (AvgIpc) is 3.35. The maximum Gasteiger partial charge on any atom is 0.270 e. The second-order valence-electron chi connectivity index (χ2n) is 8.11. The summed E-state index contributed by atoms with van der Waals surface area (Å²) >= 11 is 0. The molecule has 2 aliphatic rings. The molecule has 2 atom stereocenters. The van der Waals surface area contributed by atoms with Gasteiger partial charge in [-0.3, -0.25) is 9.59 Å². The van der Waals surface area contributed by atoms with Gasteiger partial charge in [-0.15, -0.1) is 0 Å². The Morgan fingerprint density at radius 1 is 1.30 bits per heavy atom. The molecular formula is C23H29N3O4. The van der Waals surface area contributed by atoms with E-state index in [1.165, 1.54) is 0 Å². The van der Waals surface area contributed by atoms with Crippen molar-refractivity contribution in [3.05, 3.63) is 52.8 Å². The van der Waals surface area contributed by atoms with Gasteiger partial charge in [0.15, 0.2) is 0 Å². The minimum absolute atomic E-state index is 0.0118. The molecule has 0 saturated carbocycles. The number of carbonyl (C=O) groups is 2. The molecule has 1 fully saturated rings. The number of fused-ring (bicyclic) bond motifs is 1. The zero-order valence-corrected chi connectivity index (χ0v) is 17.6. The van der Waals surface area contributed by atoms with Crippen LogP contribution < -0.4 is 5.32 Å². The van der Waals surface area contributed by atoms with Crippen LogP contribution in [0.2, 0.25) is 0 Å². The molecule has 7 nitrogen and oxygen atoms in total. The monoisotopic (exact) mass is 411 g/mol. The number of hydrogen-bond donors (Lipinski definition) is 2. The van der Waals surface area contributed by atoms with Crippen molar-refractivity contribution in [1.29, 1.82) is 0 Å². The molecule has 3 heterocycles. The minimum Gasteiger partial charge on any atom is -0.508 e. The molecule has 1 aromatic heterocycles. The standard InChI is InChI=1S/C23H29N3O4/c1-3-19(16-7-4-8-17(27)12-16)24-22(28)18-13-20(26-10-11-30-14-21(18)26)23(29)25-9-5-6-15(25)2/h4,7-8,12-13,15,19,27H,3,5-6,9-11,14H2,1-2H3,(H,24,28). The van der Waals surface area contributed by atoms with Gasteiger partial charge in [-0.2, -0.15) is 0 Å². The number of benzene rings is 1. The SMILES string of the molecule is CCC(NC(=O)c1cc(C(=O)N2CCCC2C)n2c1COCC2)c1cccc(O)c1. The van der Waals surface area contributed by atoms with E-state index in [9.17, 15) is 14.7 Å².